The van der Waals surface area contributed by atoms with E-state index in [2.05, 4.69) is 35.7 Å². The average molecular weight is 640 g/mol. The molecule has 1 aliphatic rings. The van der Waals surface area contributed by atoms with Crippen molar-refractivity contribution in [2.75, 3.05) is 12.3 Å². The van der Waals surface area contributed by atoms with E-state index in [1.807, 2.05) is 0 Å². The Bertz CT molecular complexity index is 1130. The number of nitrogen functional groups attached to an aromatic ring is 1. The Balaban J connectivity index is 1.56. The second-order valence-electron chi connectivity index (χ2n) is 12.9. The van der Waals surface area contributed by atoms with Crippen molar-refractivity contribution >= 4 is 24.8 Å². The summed E-state index contributed by atoms with van der Waals surface area (Å²) in [5, 5.41) is 0. The molecule has 0 saturated carbocycles. The Kier molecular flexibility index (Phi) is 16.0. The largest absolute Gasteiger partial charge is 0.472 e. The minimum absolute atomic E-state index is 0.248. The summed E-state index contributed by atoms with van der Waals surface area (Å²) in [4.78, 5) is 23.4. The fourth-order valence-electron chi connectivity index (χ4n) is 5.91. The van der Waals surface area contributed by atoms with Gasteiger partial charge in [-0.3, -0.25) is 13.6 Å². The molecule has 1 aliphatic heterocycles. The van der Waals surface area contributed by atoms with Crippen molar-refractivity contribution in [1.82, 2.24) is 19.5 Å². The molecule has 1 fully saturated rings. The SMILES string of the molecule is CCCCCCCCCCCCCCCCO[C@H]1C(OP(=O)(O)OC(C)C)[C@@H](CC(C)C)O[C@H]1n1cnc2c(N)ncnc21. The van der Waals surface area contributed by atoms with Crippen molar-refractivity contribution in [3.8, 4) is 0 Å². The number of anilines is 1. The second kappa shape index (κ2) is 19.1. The first-order valence-corrected chi connectivity index (χ1v) is 18.5. The molecule has 3 rings (SSSR count). The minimum Gasteiger partial charge on any atom is -0.382 e. The summed E-state index contributed by atoms with van der Waals surface area (Å²) in [6, 6.07) is 0. The molecular weight excluding hydrogens is 581 g/mol. The smallest absolute Gasteiger partial charge is 0.382 e. The standard InChI is InChI=1S/C32H58N5O6P/c1-6-7-8-9-10-11-12-13-14-15-16-17-18-19-20-40-29-28(43-44(38,39)42-25(4)5)26(21-24(2)3)41-32(29)37-23-36-27-30(33)34-22-35-31(27)37/h22-26,28-29,32H,6-21H2,1-5H3,(H,38,39)(H2,33,34,35)/t26-,28?,29+,32-/m1/s1. The van der Waals surface area contributed by atoms with Crippen LogP contribution in [0.15, 0.2) is 12.7 Å². The quantitative estimate of drug-likeness (QED) is 0.0903. The zero-order valence-corrected chi connectivity index (χ0v) is 28.6. The molecule has 1 saturated heterocycles. The van der Waals surface area contributed by atoms with Crippen LogP contribution in [0.1, 0.15) is 137 Å². The normalized spacial score (nSPS) is 22.0. The van der Waals surface area contributed by atoms with Crippen molar-refractivity contribution in [2.24, 2.45) is 5.92 Å². The van der Waals surface area contributed by atoms with Gasteiger partial charge in [-0.15, -0.1) is 0 Å². The summed E-state index contributed by atoms with van der Waals surface area (Å²) in [5.41, 5.74) is 7.00. The van der Waals surface area contributed by atoms with E-state index in [9.17, 15) is 9.46 Å². The van der Waals surface area contributed by atoms with Gasteiger partial charge in [-0.25, -0.2) is 19.5 Å². The monoisotopic (exact) mass is 639 g/mol. The van der Waals surface area contributed by atoms with Crippen molar-refractivity contribution < 1.29 is 28.0 Å². The highest BCUT2D eigenvalue weighted by molar-refractivity contribution is 7.47. The summed E-state index contributed by atoms with van der Waals surface area (Å²) in [7, 11) is -4.38. The number of nitrogens with two attached hydrogens (primary N) is 1. The third-order valence-corrected chi connectivity index (χ3v) is 9.26. The summed E-state index contributed by atoms with van der Waals surface area (Å²) in [6.45, 7) is 10.3. The Labute approximate surface area is 264 Å². The van der Waals surface area contributed by atoms with Gasteiger partial charge in [0.25, 0.3) is 0 Å². The summed E-state index contributed by atoms with van der Waals surface area (Å²) >= 11 is 0. The lowest BCUT2D eigenvalue weighted by molar-refractivity contribution is -0.0688. The lowest BCUT2D eigenvalue weighted by atomic mass is 10.0. The molecule has 2 aromatic rings. The van der Waals surface area contributed by atoms with Gasteiger partial charge in [0.05, 0.1) is 18.5 Å². The number of imidazole rings is 1. The Morgan fingerprint density at radius 2 is 1.50 bits per heavy atom. The van der Waals surface area contributed by atoms with Gasteiger partial charge in [-0.1, -0.05) is 104 Å². The van der Waals surface area contributed by atoms with E-state index in [-0.39, 0.29) is 11.7 Å². The zero-order valence-electron chi connectivity index (χ0n) is 27.7. The topological polar surface area (TPSA) is 144 Å². The number of rotatable bonds is 23. The van der Waals surface area contributed by atoms with Crippen molar-refractivity contribution in [1.29, 1.82) is 0 Å². The highest BCUT2D eigenvalue weighted by Gasteiger charge is 2.50. The summed E-state index contributed by atoms with van der Waals surface area (Å²) in [6.07, 6.45) is 18.2. The van der Waals surface area contributed by atoms with E-state index < -0.39 is 38.5 Å². The van der Waals surface area contributed by atoms with E-state index in [1.54, 1.807) is 24.7 Å². The van der Waals surface area contributed by atoms with Crippen LogP contribution >= 0.6 is 7.82 Å². The molecule has 3 heterocycles. The molecule has 252 valence electrons. The molecule has 2 aromatic heterocycles. The van der Waals surface area contributed by atoms with E-state index in [1.165, 1.54) is 77.0 Å². The molecule has 0 amide bonds. The Morgan fingerprint density at radius 3 is 2.07 bits per heavy atom. The Hall–Kier alpha value is -1.62. The molecule has 0 aromatic carbocycles. The second-order valence-corrected chi connectivity index (χ2v) is 14.3. The van der Waals surface area contributed by atoms with Crippen molar-refractivity contribution in [3.05, 3.63) is 12.7 Å². The molecule has 3 N–H and O–H groups in total. The maximum Gasteiger partial charge on any atom is 0.472 e. The third-order valence-electron chi connectivity index (χ3n) is 8.06. The predicted molar refractivity (Wildman–Crippen MR) is 174 cm³/mol. The first-order chi connectivity index (χ1) is 21.1. The molecule has 0 radical (unpaired) electrons. The minimum atomic E-state index is -4.38. The number of phosphoric ester groups is 1. The fourth-order valence-corrected chi connectivity index (χ4v) is 7.05. The molecule has 0 bridgehead atoms. The van der Waals surface area contributed by atoms with E-state index in [0.717, 1.165) is 19.3 Å². The van der Waals surface area contributed by atoms with Crippen LogP contribution in [0.3, 0.4) is 0 Å². The molecule has 0 aliphatic carbocycles. The number of ether oxygens (including phenoxy) is 2. The van der Waals surface area contributed by atoms with Crippen LogP contribution in [-0.2, 0) is 23.1 Å². The molecule has 5 atom stereocenters. The first-order valence-electron chi connectivity index (χ1n) is 17.0. The number of aromatic nitrogens is 4. The number of hydrogen-bond acceptors (Lipinski definition) is 9. The highest BCUT2D eigenvalue weighted by atomic mass is 31.2. The fraction of sp³-hybridized carbons (Fsp3) is 0.844. The maximum absolute atomic E-state index is 13.0. The van der Waals surface area contributed by atoms with Crippen LogP contribution in [0.5, 0.6) is 0 Å². The Morgan fingerprint density at radius 1 is 0.909 bits per heavy atom. The van der Waals surface area contributed by atoms with Gasteiger partial charge in [0, 0.05) is 6.61 Å². The van der Waals surface area contributed by atoms with Crippen LogP contribution in [0.2, 0.25) is 0 Å². The van der Waals surface area contributed by atoms with Gasteiger partial charge < -0.3 is 20.1 Å². The molecule has 12 heteroatoms. The van der Waals surface area contributed by atoms with Crippen LogP contribution in [0, 0.1) is 5.92 Å². The van der Waals surface area contributed by atoms with Crippen LogP contribution in [0.25, 0.3) is 11.2 Å². The van der Waals surface area contributed by atoms with E-state index in [4.69, 9.17) is 24.3 Å². The highest BCUT2D eigenvalue weighted by Crippen LogP contribution is 2.50. The van der Waals surface area contributed by atoms with E-state index in [0.29, 0.717) is 24.2 Å². The van der Waals surface area contributed by atoms with Gasteiger partial charge in [-0.05, 0) is 32.6 Å². The molecular formula is C32H58N5O6P. The van der Waals surface area contributed by atoms with Gasteiger partial charge >= 0.3 is 7.82 Å². The number of fused-ring (bicyclic) bond motifs is 1. The van der Waals surface area contributed by atoms with Crippen LogP contribution < -0.4 is 5.73 Å². The van der Waals surface area contributed by atoms with Crippen molar-refractivity contribution in [3.63, 3.8) is 0 Å². The molecule has 0 spiro atoms. The lowest BCUT2D eigenvalue weighted by Crippen LogP contribution is -2.37. The third kappa shape index (κ3) is 12.0. The summed E-state index contributed by atoms with van der Waals surface area (Å²) < 4.78 is 38.7. The predicted octanol–water partition coefficient (Wildman–Crippen LogP) is 8.13. The number of phosphoric acid groups is 1. The van der Waals surface area contributed by atoms with Gasteiger partial charge in [-0.2, -0.15) is 0 Å². The maximum atomic E-state index is 13.0. The van der Waals surface area contributed by atoms with E-state index >= 15 is 0 Å². The lowest BCUT2D eigenvalue weighted by Gasteiger charge is -2.27. The van der Waals surface area contributed by atoms with Crippen LogP contribution in [0.4, 0.5) is 5.82 Å². The molecule has 2 unspecified atom stereocenters. The van der Waals surface area contributed by atoms with Crippen LogP contribution in [-0.4, -0.2) is 55.4 Å². The molecule has 11 nitrogen and oxygen atoms in total. The molecule has 44 heavy (non-hydrogen) atoms. The average Bonchev–Trinajstić information content (AvgIpc) is 3.52. The van der Waals surface area contributed by atoms with Gasteiger partial charge in [0.1, 0.15) is 24.1 Å². The number of nitrogens with zero attached hydrogens (tertiary/aromatic N) is 4. The van der Waals surface area contributed by atoms with Crippen molar-refractivity contribution in [2.45, 2.75) is 162 Å². The van der Waals surface area contributed by atoms with Gasteiger partial charge in [0.15, 0.2) is 17.7 Å². The zero-order chi connectivity index (χ0) is 32.0. The van der Waals surface area contributed by atoms with Gasteiger partial charge in [0.2, 0.25) is 0 Å². The number of hydrogen-bond donors (Lipinski definition) is 2. The summed E-state index contributed by atoms with van der Waals surface area (Å²) in [5.74, 6) is 0.515. The first kappa shape index (κ1) is 36.8. The number of unbranched alkanes of at least 4 members (excludes halogenated alkanes) is 13.